The summed E-state index contributed by atoms with van der Waals surface area (Å²) in [5.74, 6) is 0. The molecule has 2 saturated heterocycles. The molecule has 0 bridgehead atoms. The molecule has 2 aliphatic heterocycles. The van der Waals surface area contributed by atoms with E-state index in [2.05, 4.69) is 10.6 Å². The normalized spacial score (nSPS) is 34.3. The lowest BCUT2D eigenvalue weighted by Gasteiger charge is -2.28. The summed E-state index contributed by atoms with van der Waals surface area (Å²) in [5, 5.41) is 7.02. The highest BCUT2D eigenvalue weighted by atomic mass is 16.5. The Hall–Kier alpha value is -0.120. The Morgan fingerprint density at radius 1 is 1.21 bits per heavy atom. The predicted molar refractivity (Wildman–Crippen MR) is 57.5 cm³/mol. The molecule has 0 aromatic rings. The highest BCUT2D eigenvalue weighted by Gasteiger charge is 2.17. The minimum Gasteiger partial charge on any atom is -0.377 e. The summed E-state index contributed by atoms with van der Waals surface area (Å²) in [4.78, 5) is 0. The van der Waals surface area contributed by atoms with E-state index in [-0.39, 0.29) is 0 Å². The van der Waals surface area contributed by atoms with E-state index in [9.17, 15) is 0 Å². The van der Waals surface area contributed by atoms with Crippen LogP contribution in [0.15, 0.2) is 0 Å². The van der Waals surface area contributed by atoms with Crippen molar-refractivity contribution in [2.24, 2.45) is 0 Å². The molecule has 3 nitrogen and oxygen atoms in total. The topological polar surface area (TPSA) is 33.3 Å². The van der Waals surface area contributed by atoms with Crippen molar-refractivity contribution in [3.05, 3.63) is 0 Å². The van der Waals surface area contributed by atoms with Crippen LogP contribution in [-0.2, 0) is 4.74 Å². The molecule has 2 atom stereocenters. The smallest absolute Gasteiger partial charge is 0.0699 e. The zero-order valence-corrected chi connectivity index (χ0v) is 8.93. The first-order valence-corrected chi connectivity index (χ1v) is 6.01. The maximum absolute atomic E-state index is 5.69. The Morgan fingerprint density at radius 3 is 2.93 bits per heavy atom. The first-order chi connectivity index (χ1) is 6.95. The summed E-state index contributed by atoms with van der Waals surface area (Å²) in [5.41, 5.74) is 0. The van der Waals surface area contributed by atoms with E-state index >= 15 is 0 Å². The molecule has 0 aromatic carbocycles. The molecule has 0 saturated carbocycles. The van der Waals surface area contributed by atoms with E-state index in [1.165, 1.54) is 38.6 Å². The zero-order valence-electron chi connectivity index (χ0n) is 8.93. The van der Waals surface area contributed by atoms with Crippen LogP contribution in [0.25, 0.3) is 0 Å². The van der Waals surface area contributed by atoms with Gasteiger partial charge in [-0.2, -0.15) is 0 Å². The van der Waals surface area contributed by atoms with Crippen molar-refractivity contribution in [3.8, 4) is 0 Å². The van der Waals surface area contributed by atoms with E-state index in [1.807, 2.05) is 0 Å². The van der Waals surface area contributed by atoms with Gasteiger partial charge in [-0.05, 0) is 38.6 Å². The number of rotatable bonds is 3. The van der Waals surface area contributed by atoms with Crippen LogP contribution in [0.1, 0.15) is 32.1 Å². The maximum Gasteiger partial charge on any atom is 0.0699 e. The molecule has 2 N–H and O–H groups in total. The summed E-state index contributed by atoms with van der Waals surface area (Å²) in [6.07, 6.45) is 6.94. The number of hydrogen-bond acceptors (Lipinski definition) is 3. The predicted octanol–water partition coefficient (Wildman–Crippen LogP) is 0.897. The molecule has 2 rings (SSSR count). The molecule has 0 aromatic heterocycles. The van der Waals surface area contributed by atoms with Crippen molar-refractivity contribution in [1.82, 2.24) is 10.6 Å². The molecule has 2 fully saturated rings. The van der Waals surface area contributed by atoms with Crippen molar-refractivity contribution in [2.45, 2.75) is 44.2 Å². The highest BCUT2D eigenvalue weighted by Crippen LogP contribution is 2.12. The Bertz CT molecular complexity index is 133. The van der Waals surface area contributed by atoms with Crippen LogP contribution in [0.3, 0.4) is 0 Å². The summed E-state index contributed by atoms with van der Waals surface area (Å²) in [7, 11) is 0. The molecule has 0 aliphatic carbocycles. The van der Waals surface area contributed by atoms with Crippen molar-refractivity contribution in [1.29, 1.82) is 0 Å². The monoisotopic (exact) mass is 198 g/mol. The molecule has 14 heavy (non-hydrogen) atoms. The standard InChI is InChI=1S/C11H22N2O/c1-2-7-14-11(5-1)9-13-10-4-3-6-12-8-10/h10-13H,1-9H2. The van der Waals surface area contributed by atoms with Gasteiger partial charge in [-0.15, -0.1) is 0 Å². The van der Waals surface area contributed by atoms with Crippen LogP contribution in [0.4, 0.5) is 0 Å². The molecule has 3 heteroatoms. The SMILES string of the molecule is C1CCC(CNC2CCCNC2)OC1. The van der Waals surface area contributed by atoms with Gasteiger partial charge >= 0.3 is 0 Å². The van der Waals surface area contributed by atoms with Crippen molar-refractivity contribution >= 4 is 0 Å². The highest BCUT2D eigenvalue weighted by molar-refractivity contribution is 4.77. The molecule has 0 radical (unpaired) electrons. The Balaban J connectivity index is 1.60. The first kappa shape index (κ1) is 10.4. The number of hydrogen-bond donors (Lipinski definition) is 2. The van der Waals surface area contributed by atoms with Gasteiger partial charge < -0.3 is 15.4 Å². The fourth-order valence-electron chi connectivity index (χ4n) is 2.29. The van der Waals surface area contributed by atoms with Gasteiger partial charge in [-0.1, -0.05) is 0 Å². The van der Waals surface area contributed by atoms with Crippen LogP contribution in [0, 0.1) is 0 Å². The van der Waals surface area contributed by atoms with Crippen LogP contribution in [0.5, 0.6) is 0 Å². The van der Waals surface area contributed by atoms with Crippen LogP contribution >= 0.6 is 0 Å². The van der Waals surface area contributed by atoms with E-state index in [1.54, 1.807) is 0 Å². The zero-order chi connectivity index (χ0) is 9.64. The third-order valence-corrected chi connectivity index (χ3v) is 3.21. The second-order valence-electron chi connectivity index (χ2n) is 4.44. The Kier molecular flexibility index (Phi) is 4.22. The summed E-state index contributed by atoms with van der Waals surface area (Å²) in [6, 6.07) is 0.675. The lowest BCUT2D eigenvalue weighted by atomic mass is 10.1. The minimum atomic E-state index is 0.477. The lowest BCUT2D eigenvalue weighted by Crippen LogP contribution is -2.46. The van der Waals surface area contributed by atoms with Gasteiger partial charge in [0.25, 0.3) is 0 Å². The van der Waals surface area contributed by atoms with Gasteiger partial charge in [-0.25, -0.2) is 0 Å². The summed E-state index contributed by atoms with van der Waals surface area (Å²) >= 11 is 0. The second-order valence-corrected chi connectivity index (χ2v) is 4.44. The molecular formula is C11H22N2O. The maximum atomic E-state index is 5.69. The molecular weight excluding hydrogens is 176 g/mol. The van der Waals surface area contributed by atoms with Gasteiger partial charge in [0.1, 0.15) is 0 Å². The minimum absolute atomic E-state index is 0.477. The quantitative estimate of drug-likeness (QED) is 0.707. The Labute approximate surface area is 86.6 Å². The van der Waals surface area contributed by atoms with Crippen molar-refractivity contribution in [2.75, 3.05) is 26.2 Å². The van der Waals surface area contributed by atoms with Gasteiger partial charge in [0, 0.05) is 25.7 Å². The van der Waals surface area contributed by atoms with Crippen LogP contribution in [0.2, 0.25) is 0 Å². The van der Waals surface area contributed by atoms with Crippen LogP contribution < -0.4 is 10.6 Å². The Morgan fingerprint density at radius 2 is 2.21 bits per heavy atom. The molecule has 0 spiro atoms. The number of piperidine rings is 1. The van der Waals surface area contributed by atoms with Crippen molar-refractivity contribution < 1.29 is 4.74 Å². The molecule has 2 aliphatic rings. The average Bonchev–Trinajstić information content (AvgIpc) is 2.29. The third kappa shape index (κ3) is 3.23. The van der Waals surface area contributed by atoms with E-state index in [0.717, 1.165) is 19.7 Å². The largest absolute Gasteiger partial charge is 0.377 e. The third-order valence-electron chi connectivity index (χ3n) is 3.21. The van der Waals surface area contributed by atoms with E-state index in [0.29, 0.717) is 12.1 Å². The molecule has 2 heterocycles. The van der Waals surface area contributed by atoms with Crippen LogP contribution in [-0.4, -0.2) is 38.4 Å². The van der Waals surface area contributed by atoms with Gasteiger partial charge in [0.15, 0.2) is 0 Å². The van der Waals surface area contributed by atoms with Gasteiger partial charge in [-0.3, -0.25) is 0 Å². The number of nitrogens with one attached hydrogen (secondary N) is 2. The molecule has 82 valence electrons. The fraction of sp³-hybridized carbons (Fsp3) is 1.00. The lowest BCUT2D eigenvalue weighted by molar-refractivity contribution is 0.0149. The number of ether oxygens (including phenoxy) is 1. The summed E-state index contributed by atoms with van der Waals surface area (Å²) in [6.45, 7) is 4.34. The molecule has 0 amide bonds. The fourth-order valence-corrected chi connectivity index (χ4v) is 2.29. The summed E-state index contributed by atoms with van der Waals surface area (Å²) < 4.78 is 5.69. The van der Waals surface area contributed by atoms with Crippen molar-refractivity contribution in [3.63, 3.8) is 0 Å². The second kappa shape index (κ2) is 5.69. The van der Waals surface area contributed by atoms with Gasteiger partial charge in [0.05, 0.1) is 6.10 Å². The van der Waals surface area contributed by atoms with Gasteiger partial charge in [0.2, 0.25) is 0 Å². The van der Waals surface area contributed by atoms with E-state index in [4.69, 9.17) is 4.74 Å². The molecule has 2 unspecified atom stereocenters. The van der Waals surface area contributed by atoms with E-state index < -0.39 is 0 Å². The average molecular weight is 198 g/mol. The first-order valence-electron chi connectivity index (χ1n) is 6.01.